The molecule has 2 heterocycles. The number of hydrogen-bond acceptors (Lipinski definition) is 6. The van der Waals surface area contributed by atoms with Crippen molar-refractivity contribution in [3.8, 4) is 5.75 Å². The number of methoxy groups -OCH3 is 1. The highest BCUT2D eigenvalue weighted by Crippen LogP contribution is 2.23. The molecule has 0 amide bonds. The van der Waals surface area contributed by atoms with Gasteiger partial charge in [-0.1, -0.05) is 12.1 Å². The van der Waals surface area contributed by atoms with Gasteiger partial charge in [0.05, 0.1) is 17.8 Å². The first kappa shape index (κ1) is 17.8. The number of nitrogens with one attached hydrogen (secondary N) is 1. The molecule has 1 N–H and O–H groups in total. The van der Waals surface area contributed by atoms with Gasteiger partial charge in [-0.2, -0.15) is 0 Å². The Bertz CT molecular complexity index is 796. The second-order valence-corrected chi connectivity index (χ2v) is 8.15. The number of nitrogens with zero attached hydrogens (tertiary/aromatic N) is 2. The third-order valence-corrected chi connectivity index (χ3v) is 6.16. The third-order valence-electron chi connectivity index (χ3n) is 4.47. The number of pyridine rings is 1. The van der Waals surface area contributed by atoms with Crippen LogP contribution in [0.3, 0.4) is 0 Å². The lowest BCUT2D eigenvalue weighted by Crippen LogP contribution is -2.47. The van der Waals surface area contributed by atoms with E-state index in [0.29, 0.717) is 17.2 Å². The summed E-state index contributed by atoms with van der Waals surface area (Å²) in [4.78, 5) is 6.70. The highest BCUT2D eigenvalue weighted by molar-refractivity contribution is 7.91. The van der Waals surface area contributed by atoms with Crippen molar-refractivity contribution < 1.29 is 13.2 Å². The van der Waals surface area contributed by atoms with E-state index in [1.54, 1.807) is 30.5 Å². The minimum Gasteiger partial charge on any atom is -0.497 e. The number of rotatable bonds is 6. The van der Waals surface area contributed by atoms with Crippen LogP contribution in [0.2, 0.25) is 0 Å². The summed E-state index contributed by atoms with van der Waals surface area (Å²) in [6.45, 7) is 2.95. The van der Waals surface area contributed by atoms with E-state index >= 15 is 0 Å². The van der Waals surface area contributed by atoms with Crippen molar-refractivity contribution >= 4 is 9.84 Å². The molecule has 1 unspecified atom stereocenters. The van der Waals surface area contributed by atoms with Crippen LogP contribution < -0.4 is 10.1 Å². The SMILES string of the molecule is COc1cccc(S(=O)(=O)CCN2CCNCC2c2cccnc2)c1. The molecular formula is C18H23N3O3S. The Balaban J connectivity index is 1.72. The van der Waals surface area contributed by atoms with Gasteiger partial charge < -0.3 is 10.1 Å². The number of sulfone groups is 1. The van der Waals surface area contributed by atoms with Gasteiger partial charge in [0, 0.05) is 44.6 Å². The van der Waals surface area contributed by atoms with Gasteiger partial charge in [0.25, 0.3) is 0 Å². The average Bonchev–Trinajstić information content (AvgIpc) is 2.67. The molecule has 7 heteroatoms. The lowest BCUT2D eigenvalue weighted by Gasteiger charge is -2.36. The summed E-state index contributed by atoms with van der Waals surface area (Å²) in [5, 5.41) is 3.37. The van der Waals surface area contributed by atoms with E-state index in [2.05, 4.69) is 15.2 Å². The predicted octanol–water partition coefficient (Wildman–Crippen LogP) is 1.51. The normalized spacial score (nSPS) is 18.8. The zero-order chi connectivity index (χ0) is 17.7. The maximum absolute atomic E-state index is 12.7. The standard InChI is InChI=1S/C18H23N3O3S/c1-24-16-5-2-6-17(12-16)25(22,23)11-10-21-9-8-20-14-18(21)15-4-3-7-19-13-15/h2-7,12-13,18,20H,8-11,14H2,1H3. The topological polar surface area (TPSA) is 71.5 Å². The van der Waals surface area contributed by atoms with Crippen LogP contribution in [-0.4, -0.2) is 57.3 Å². The Morgan fingerprint density at radius 1 is 1.32 bits per heavy atom. The van der Waals surface area contributed by atoms with Crippen molar-refractivity contribution in [1.82, 2.24) is 15.2 Å². The Morgan fingerprint density at radius 3 is 2.96 bits per heavy atom. The molecule has 1 aromatic carbocycles. The Morgan fingerprint density at radius 2 is 2.20 bits per heavy atom. The molecule has 3 rings (SSSR count). The minimum atomic E-state index is -3.36. The zero-order valence-electron chi connectivity index (χ0n) is 14.3. The van der Waals surface area contributed by atoms with Crippen LogP contribution >= 0.6 is 0 Å². The molecule has 0 spiro atoms. The van der Waals surface area contributed by atoms with Crippen LogP contribution in [0.25, 0.3) is 0 Å². The molecule has 1 saturated heterocycles. The first-order valence-corrected chi connectivity index (χ1v) is 9.97. The van der Waals surface area contributed by atoms with Gasteiger partial charge in [-0.25, -0.2) is 8.42 Å². The van der Waals surface area contributed by atoms with E-state index in [9.17, 15) is 8.42 Å². The molecule has 0 saturated carbocycles. The smallest absolute Gasteiger partial charge is 0.179 e. The summed E-state index contributed by atoms with van der Waals surface area (Å²) < 4.78 is 30.5. The van der Waals surface area contributed by atoms with E-state index in [4.69, 9.17) is 4.74 Å². The predicted molar refractivity (Wildman–Crippen MR) is 96.5 cm³/mol. The average molecular weight is 361 g/mol. The fourth-order valence-corrected chi connectivity index (χ4v) is 4.36. The molecule has 6 nitrogen and oxygen atoms in total. The molecule has 2 aromatic rings. The highest BCUT2D eigenvalue weighted by Gasteiger charge is 2.26. The van der Waals surface area contributed by atoms with Crippen LogP contribution in [0.5, 0.6) is 5.75 Å². The van der Waals surface area contributed by atoms with Crippen LogP contribution in [0.15, 0.2) is 53.7 Å². The van der Waals surface area contributed by atoms with Crippen molar-refractivity contribution in [2.24, 2.45) is 0 Å². The van der Waals surface area contributed by atoms with Crippen LogP contribution in [0, 0.1) is 0 Å². The second-order valence-electron chi connectivity index (χ2n) is 6.04. The second kappa shape index (κ2) is 7.95. The first-order chi connectivity index (χ1) is 12.1. The number of hydrogen-bond donors (Lipinski definition) is 1. The van der Waals surface area contributed by atoms with Gasteiger partial charge in [-0.15, -0.1) is 0 Å². The molecular weight excluding hydrogens is 338 g/mol. The third kappa shape index (κ3) is 4.36. The van der Waals surface area contributed by atoms with E-state index in [1.807, 2.05) is 18.3 Å². The van der Waals surface area contributed by atoms with Gasteiger partial charge in [0.1, 0.15) is 5.75 Å². The minimum absolute atomic E-state index is 0.0803. The van der Waals surface area contributed by atoms with Gasteiger partial charge in [0.2, 0.25) is 0 Å². The van der Waals surface area contributed by atoms with Gasteiger partial charge in [-0.05, 0) is 29.8 Å². The lowest BCUT2D eigenvalue weighted by molar-refractivity contribution is 0.171. The fraction of sp³-hybridized carbons (Fsp3) is 0.389. The Kier molecular flexibility index (Phi) is 5.67. The van der Waals surface area contributed by atoms with Gasteiger partial charge in [0.15, 0.2) is 9.84 Å². The molecule has 134 valence electrons. The number of ether oxygens (including phenoxy) is 1. The maximum Gasteiger partial charge on any atom is 0.179 e. The van der Waals surface area contributed by atoms with Crippen molar-refractivity contribution in [3.63, 3.8) is 0 Å². The summed E-state index contributed by atoms with van der Waals surface area (Å²) in [7, 11) is -1.82. The fourth-order valence-electron chi connectivity index (χ4n) is 3.07. The maximum atomic E-state index is 12.7. The van der Waals surface area contributed by atoms with E-state index < -0.39 is 9.84 Å². The zero-order valence-corrected chi connectivity index (χ0v) is 15.1. The molecule has 1 aromatic heterocycles. The molecule has 1 fully saturated rings. The molecule has 0 radical (unpaired) electrons. The molecule has 1 aliphatic rings. The summed E-state index contributed by atoms with van der Waals surface area (Å²) in [6.07, 6.45) is 3.60. The molecule has 25 heavy (non-hydrogen) atoms. The van der Waals surface area contributed by atoms with Crippen molar-refractivity contribution in [1.29, 1.82) is 0 Å². The van der Waals surface area contributed by atoms with E-state index in [-0.39, 0.29) is 11.8 Å². The van der Waals surface area contributed by atoms with Crippen molar-refractivity contribution in [2.75, 3.05) is 39.0 Å². The quantitative estimate of drug-likeness (QED) is 0.841. The molecule has 1 aliphatic heterocycles. The summed E-state index contributed by atoms with van der Waals surface area (Å²) >= 11 is 0. The number of aromatic nitrogens is 1. The molecule has 0 aliphatic carbocycles. The Labute approximate surface area is 148 Å². The molecule has 1 atom stereocenters. The van der Waals surface area contributed by atoms with Gasteiger partial charge >= 0.3 is 0 Å². The number of piperazine rings is 1. The van der Waals surface area contributed by atoms with E-state index in [1.165, 1.54) is 7.11 Å². The monoisotopic (exact) mass is 361 g/mol. The summed E-state index contributed by atoms with van der Waals surface area (Å²) in [5.74, 6) is 0.633. The van der Waals surface area contributed by atoms with Crippen molar-refractivity contribution in [2.45, 2.75) is 10.9 Å². The van der Waals surface area contributed by atoms with Crippen LogP contribution in [-0.2, 0) is 9.84 Å². The van der Waals surface area contributed by atoms with Gasteiger partial charge in [-0.3, -0.25) is 9.88 Å². The number of benzene rings is 1. The summed E-state index contributed by atoms with van der Waals surface area (Å²) in [6, 6.07) is 10.7. The summed E-state index contributed by atoms with van der Waals surface area (Å²) in [5.41, 5.74) is 1.11. The Hall–Kier alpha value is -1.96. The van der Waals surface area contributed by atoms with E-state index in [0.717, 1.165) is 25.2 Å². The highest BCUT2D eigenvalue weighted by atomic mass is 32.2. The van der Waals surface area contributed by atoms with Crippen LogP contribution in [0.1, 0.15) is 11.6 Å². The molecule has 0 bridgehead atoms. The van der Waals surface area contributed by atoms with Crippen LogP contribution in [0.4, 0.5) is 0 Å². The first-order valence-electron chi connectivity index (χ1n) is 8.31. The largest absolute Gasteiger partial charge is 0.497 e. The van der Waals surface area contributed by atoms with Crippen molar-refractivity contribution in [3.05, 3.63) is 54.4 Å². The lowest BCUT2D eigenvalue weighted by atomic mass is 10.1.